The molecule has 96 valence electrons. The van der Waals surface area contributed by atoms with Crippen molar-refractivity contribution < 1.29 is 4.39 Å². The van der Waals surface area contributed by atoms with Crippen LogP contribution in [0.5, 0.6) is 0 Å². The zero-order chi connectivity index (χ0) is 12.5. The topological polar surface area (TPSA) is 12.0 Å². The van der Waals surface area contributed by atoms with Crippen LogP contribution < -0.4 is 5.32 Å². The summed E-state index contributed by atoms with van der Waals surface area (Å²) in [6.45, 7) is 1.13. The first-order valence-electron chi connectivity index (χ1n) is 6.60. The van der Waals surface area contributed by atoms with E-state index in [1.165, 1.54) is 25.3 Å². The number of rotatable bonds is 2. The van der Waals surface area contributed by atoms with E-state index in [9.17, 15) is 4.39 Å². The fraction of sp³-hybridized carbons (Fsp3) is 0.467. The second-order valence-corrected chi connectivity index (χ2v) is 6.23. The monoisotopic (exact) mass is 309 g/mol. The quantitative estimate of drug-likeness (QED) is 0.871. The Morgan fingerprint density at radius 2 is 2.22 bits per heavy atom. The summed E-state index contributed by atoms with van der Waals surface area (Å²) in [5.74, 6) is 1.44. The molecule has 3 rings (SSSR count). The Labute approximate surface area is 116 Å². The summed E-state index contributed by atoms with van der Waals surface area (Å²) in [6.07, 6.45) is 8.08. The molecule has 1 heterocycles. The van der Waals surface area contributed by atoms with Gasteiger partial charge in [0, 0.05) is 16.1 Å². The third-order valence-corrected chi connectivity index (χ3v) is 4.73. The average Bonchev–Trinajstić information content (AvgIpc) is 2.93. The van der Waals surface area contributed by atoms with E-state index in [1.807, 2.05) is 12.1 Å². The van der Waals surface area contributed by atoms with Crippen LogP contribution >= 0.6 is 15.9 Å². The highest BCUT2D eigenvalue weighted by atomic mass is 79.9. The maximum Gasteiger partial charge on any atom is 0.130 e. The van der Waals surface area contributed by atoms with Crippen LogP contribution in [-0.4, -0.2) is 12.6 Å². The lowest BCUT2D eigenvalue weighted by Gasteiger charge is -2.13. The summed E-state index contributed by atoms with van der Waals surface area (Å²) in [6, 6.07) is 5.49. The molecule has 1 N–H and O–H groups in total. The van der Waals surface area contributed by atoms with Crippen molar-refractivity contribution in [3.05, 3.63) is 40.1 Å². The normalized spacial score (nSPS) is 31.1. The number of fused-ring (bicyclic) bond motifs is 1. The van der Waals surface area contributed by atoms with Crippen molar-refractivity contribution in [2.24, 2.45) is 11.8 Å². The molecular formula is C15H17BrFN. The predicted molar refractivity (Wildman–Crippen MR) is 75.8 cm³/mol. The molecule has 3 heteroatoms. The van der Waals surface area contributed by atoms with E-state index < -0.39 is 0 Å². The fourth-order valence-corrected chi connectivity index (χ4v) is 3.67. The molecule has 1 saturated carbocycles. The van der Waals surface area contributed by atoms with E-state index in [0.717, 1.165) is 22.9 Å². The van der Waals surface area contributed by atoms with Crippen LogP contribution in [0.4, 0.5) is 4.39 Å². The molecule has 1 aliphatic carbocycles. The third-order valence-electron chi connectivity index (χ3n) is 4.24. The predicted octanol–water partition coefficient (Wildman–Crippen LogP) is 3.99. The highest BCUT2D eigenvalue weighted by Crippen LogP contribution is 2.38. The number of benzene rings is 1. The molecule has 3 unspecified atom stereocenters. The summed E-state index contributed by atoms with van der Waals surface area (Å²) in [4.78, 5) is 0. The van der Waals surface area contributed by atoms with Crippen molar-refractivity contribution in [1.29, 1.82) is 0 Å². The SMILES string of the molecule is Fc1ccc(Br)cc1/C=C/C1NCC2CCCC21. The maximum atomic E-state index is 13.6. The standard InChI is InChI=1S/C15H17BrFN/c16-12-5-6-14(17)10(8-12)4-7-15-13-3-1-2-11(13)9-18-15/h4-8,11,13,15,18H,1-3,9H2/b7-4+. The molecular weight excluding hydrogens is 293 g/mol. The Morgan fingerprint density at radius 1 is 1.33 bits per heavy atom. The van der Waals surface area contributed by atoms with Crippen molar-refractivity contribution in [1.82, 2.24) is 5.32 Å². The Hall–Kier alpha value is -0.670. The number of halogens is 2. The minimum absolute atomic E-state index is 0.157. The smallest absolute Gasteiger partial charge is 0.130 e. The average molecular weight is 310 g/mol. The van der Waals surface area contributed by atoms with Crippen LogP contribution in [0.25, 0.3) is 6.08 Å². The van der Waals surface area contributed by atoms with Gasteiger partial charge in [0.25, 0.3) is 0 Å². The van der Waals surface area contributed by atoms with Gasteiger partial charge < -0.3 is 5.32 Å². The van der Waals surface area contributed by atoms with Crippen LogP contribution in [0.1, 0.15) is 24.8 Å². The molecule has 18 heavy (non-hydrogen) atoms. The lowest BCUT2D eigenvalue weighted by Crippen LogP contribution is -2.23. The Kier molecular flexibility index (Phi) is 3.53. The summed E-state index contributed by atoms with van der Waals surface area (Å²) in [7, 11) is 0. The molecule has 0 radical (unpaired) electrons. The van der Waals surface area contributed by atoms with Gasteiger partial charge in [-0.1, -0.05) is 34.5 Å². The van der Waals surface area contributed by atoms with E-state index >= 15 is 0 Å². The summed E-state index contributed by atoms with van der Waals surface area (Å²) in [5, 5.41) is 3.54. The molecule has 1 aromatic rings. The first kappa shape index (κ1) is 12.4. The van der Waals surface area contributed by atoms with E-state index in [0.29, 0.717) is 11.6 Å². The second kappa shape index (κ2) is 5.14. The summed E-state index contributed by atoms with van der Waals surface area (Å²) >= 11 is 3.38. The van der Waals surface area contributed by atoms with Gasteiger partial charge in [0.2, 0.25) is 0 Å². The van der Waals surface area contributed by atoms with Gasteiger partial charge in [-0.15, -0.1) is 0 Å². The molecule has 0 amide bonds. The van der Waals surface area contributed by atoms with Gasteiger partial charge in [-0.3, -0.25) is 0 Å². The van der Waals surface area contributed by atoms with E-state index in [1.54, 1.807) is 6.07 Å². The van der Waals surface area contributed by atoms with E-state index in [-0.39, 0.29) is 5.82 Å². The number of hydrogen-bond acceptors (Lipinski definition) is 1. The van der Waals surface area contributed by atoms with Gasteiger partial charge in [-0.25, -0.2) is 4.39 Å². The molecule has 1 aromatic carbocycles. The van der Waals surface area contributed by atoms with Crippen molar-refractivity contribution in [2.75, 3.05) is 6.54 Å². The largest absolute Gasteiger partial charge is 0.310 e. The molecule has 0 bridgehead atoms. The van der Waals surface area contributed by atoms with E-state index in [2.05, 4.69) is 27.3 Å². The van der Waals surface area contributed by atoms with Gasteiger partial charge >= 0.3 is 0 Å². The molecule has 0 aromatic heterocycles. The first-order chi connectivity index (χ1) is 8.74. The molecule has 1 aliphatic heterocycles. The molecule has 3 atom stereocenters. The first-order valence-corrected chi connectivity index (χ1v) is 7.40. The van der Waals surface area contributed by atoms with Gasteiger partial charge in [0.1, 0.15) is 5.82 Å². The Morgan fingerprint density at radius 3 is 3.11 bits per heavy atom. The van der Waals surface area contributed by atoms with Gasteiger partial charge in [-0.2, -0.15) is 0 Å². The third kappa shape index (κ3) is 2.39. The zero-order valence-electron chi connectivity index (χ0n) is 10.2. The van der Waals surface area contributed by atoms with Crippen molar-refractivity contribution in [3.8, 4) is 0 Å². The summed E-state index contributed by atoms with van der Waals surface area (Å²) in [5.41, 5.74) is 0.660. The minimum Gasteiger partial charge on any atom is -0.310 e. The minimum atomic E-state index is -0.157. The van der Waals surface area contributed by atoms with Crippen LogP contribution in [-0.2, 0) is 0 Å². The van der Waals surface area contributed by atoms with Crippen molar-refractivity contribution in [3.63, 3.8) is 0 Å². The lowest BCUT2D eigenvalue weighted by atomic mass is 9.93. The number of nitrogens with one attached hydrogen (secondary N) is 1. The molecule has 0 spiro atoms. The van der Waals surface area contributed by atoms with Gasteiger partial charge in [-0.05, 0) is 49.4 Å². The van der Waals surface area contributed by atoms with Crippen LogP contribution in [0, 0.1) is 17.7 Å². The Balaban J connectivity index is 1.75. The Bertz CT molecular complexity index is 472. The molecule has 1 saturated heterocycles. The van der Waals surface area contributed by atoms with Gasteiger partial charge in [0.05, 0.1) is 0 Å². The zero-order valence-corrected chi connectivity index (χ0v) is 11.8. The molecule has 2 aliphatic rings. The maximum absolute atomic E-state index is 13.6. The highest BCUT2D eigenvalue weighted by Gasteiger charge is 2.37. The fourth-order valence-electron chi connectivity index (χ4n) is 3.29. The number of hydrogen-bond donors (Lipinski definition) is 1. The van der Waals surface area contributed by atoms with Crippen LogP contribution in [0.15, 0.2) is 28.7 Å². The highest BCUT2D eigenvalue weighted by molar-refractivity contribution is 9.10. The van der Waals surface area contributed by atoms with Crippen molar-refractivity contribution >= 4 is 22.0 Å². The van der Waals surface area contributed by atoms with Crippen LogP contribution in [0.3, 0.4) is 0 Å². The second-order valence-electron chi connectivity index (χ2n) is 5.31. The molecule has 2 fully saturated rings. The van der Waals surface area contributed by atoms with Crippen molar-refractivity contribution in [2.45, 2.75) is 25.3 Å². The molecule has 1 nitrogen and oxygen atoms in total. The van der Waals surface area contributed by atoms with E-state index in [4.69, 9.17) is 0 Å². The summed E-state index contributed by atoms with van der Waals surface area (Å²) < 4.78 is 14.5. The van der Waals surface area contributed by atoms with Crippen LogP contribution in [0.2, 0.25) is 0 Å². The lowest BCUT2D eigenvalue weighted by molar-refractivity contribution is 0.456. The van der Waals surface area contributed by atoms with Gasteiger partial charge in [0.15, 0.2) is 0 Å².